The van der Waals surface area contributed by atoms with Crippen molar-refractivity contribution in [2.24, 2.45) is 0 Å². The van der Waals surface area contributed by atoms with Crippen molar-refractivity contribution in [1.82, 2.24) is 19.7 Å². The van der Waals surface area contributed by atoms with Crippen molar-refractivity contribution in [1.29, 1.82) is 0 Å². The van der Waals surface area contributed by atoms with Crippen LogP contribution in [0.25, 0.3) is 5.95 Å². The standard InChI is InChI=1S/C15H13N5O3/c1-23-12-6-3-2-5-10(12)13(21)18-11-9-16-15(19-14(11)22)20-8-4-7-17-20/h2-9H,1H3,(H,18,21)(H,16,19,22). The number of hydrogen-bond acceptors (Lipinski definition) is 5. The number of methoxy groups -OCH3 is 1. The summed E-state index contributed by atoms with van der Waals surface area (Å²) in [6.07, 6.45) is 4.49. The summed E-state index contributed by atoms with van der Waals surface area (Å²) < 4.78 is 6.54. The molecular weight excluding hydrogens is 298 g/mol. The van der Waals surface area contributed by atoms with Gasteiger partial charge in [0.1, 0.15) is 11.4 Å². The average molecular weight is 311 g/mol. The number of H-pyrrole nitrogens is 1. The molecule has 0 bridgehead atoms. The number of aromatic nitrogens is 4. The van der Waals surface area contributed by atoms with E-state index in [0.29, 0.717) is 11.3 Å². The Morgan fingerprint density at radius 1 is 1.30 bits per heavy atom. The number of benzene rings is 1. The molecular formula is C15H13N5O3. The number of ether oxygens (including phenoxy) is 1. The summed E-state index contributed by atoms with van der Waals surface area (Å²) in [7, 11) is 1.47. The highest BCUT2D eigenvalue weighted by Gasteiger charge is 2.14. The van der Waals surface area contributed by atoms with Crippen LogP contribution in [0.15, 0.2) is 53.7 Å². The lowest BCUT2D eigenvalue weighted by molar-refractivity contribution is 0.102. The van der Waals surface area contributed by atoms with Crippen LogP contribution in [-0.2, 0) is 0 Å². The Kier molecular flexibility index (Phi) is 3.88. The van der Waals surface area contributed by atoms with E-state index >= 15 is 0 Å². The molecule has 0 saturated heterocycles. The molecule has 0 fully saturated rings. The van der Waals surface area contributed by atoms with Crippen LogP contribution >= 0.6 is 0 Å². The third kappa shape index (κ3) is 2.95. The number of amides is 1. The second kappa shape index (κ2) is 6.14. The van der Waals surface area contributed by atoms with Crippen LogP contribution in [0.3, 0.4) is 0 Å². The van der Waals surface area contributed by atoms with Crippen LogP contribution in [0.1, 0.15) is 10.4 Å². The van der Waals surface area contributed by atoms with E-state index in [9.17, 15) is 9.59 Å². The van der Waals surface area contributed by atoms with E-state index in [2.05, 4.69) is 20.4 Å². The summed E-state index contributed by atoms with van der Waals surface area (Å²) in [4.78, 5) is 31.0. The van der Waals surface area contributed by atoms with Crippen LogP contribution in [0.5, 0.6) is 5.75 Å². The zero-order chi connectivity index (χ0) is 16.2. The van der Waals surface area contributed by atoms with Gasteiger partial charge in [-0.05, 0) is 18.2 Å². The largest absolute Gasteiger partial charge is 0.496 e. The highest BCUT2D eigenvalue weighted by Crippen LogP contribution is 2.18. The number of carbonyl (C=O) groups excluding carboxylic acids is 1. The van der Waals surface area contributed by atoms with Gasteiger partial charge >= 0.3 is 0 Å². The second-order valence-corrected chi connectivity index (χ2v) is 4.55. The van der Waals surface area contributed by atoms with Gasteiger partial charge in [0, 0.05) is 12.4 Å². The Hall–Kier alpha value is -3.42. The minimum absolute atomic E-state index is 0.0387. The van der Waals surface area contributed by atoms with E-state index in [1.165, 1.54) is 18.0 Å². The topological polar surface area (TPSA) is 102 Å². The maximum atomic E-state index is 12.3. The molecule has 0 atom stereocenters. The van der Waals surface area contributed by atoms with E-state index in [1.54, 1.807) is 42.7 Å². The molecule has 2 N–H and O–H groups in total. The minimum Gasteiger partial charge on any atom is -0.496 e. The fourth-order valence-corrected chi connectivity index (χ4v) is 2.01. The van der Waals surface area contributed by atoms with Gasteiger partial charge in [0.25, 0.3) is 11.5 Å². The molecule has 0 aliphatic rings. The molecule has 0 saturated carbocycles. The fourth-order valence-electron chi connectivity index (χ4n) is 2.01. The van der Waals surface area contributed by atoms with E-state index in [1.807, 2.05) is 0 Å². The molecule has 0 aliphatic carbocycles. The van der Waals surface area contributed by atoms with Crippen molar-refractivity contribution in [3.8, 4) is 11.7 Å². The van der Waals surface area contributed by atoms with Crippen molar-refractivity contribution in [3.05, 3.63) is 64.8 Å². The van der Waals surface area contributed by atoms with E-state index in [4.69, 9.17) is 4.74 Å². The van der Waals surface area contributed by atoms with Gasteiger partial charge in [-0.1, -0.05) is 12.1 Å². The molecule has 0 unspecified atom stereocenters. The summed E-state index contributed by atoms with van der Waals surface area (Å²) in [5.41, 5.74) is -0.115. The molecule has 116 valence electrons. The number of hydrogen-bond donors (Lipinski definition) is 2. The highest BCUT2D eigenvalue weighted by molar-refractivity contribution is 6.06. The zero-order valence-corrected chi connectivity index (χ0v) is 12.2. The maximum Gasteiger partial charge on any atom is 0.276 e. The van der Waals surface area contributed by atoms with E-state index in [-0.39, 0.29) is 11.6 Å². The average Bonchev–Trinajstić information content (AvgIpc) is 3.11. The SMILES string of the molecule is COc1ccccc1C(=O)Nc1cnc(-n2cccn2)[nH]c1=O. The van der Waals surface area contributed by atoms with Crippen molar-refractivity contribution in [2.45, 2.75) is 0 Å². The molecule has 8 heteroatoms. The van der Waals surface area contributed by atoms with Gasteiger partial charge in [-0.2, -0.15) is 5.10 Å². The van der Waals surface area contributed by atoms with Crippen LogP contribution in [0.2, 0.25) is 0 Å². The summed E-state index contributed by atoms with van der Waals surface area (Å²) in [6.45, 7) is 0. The lowest BCUT2D eigenvalue weighted by Crippen LogP contribution is -2.22. The van der Waals surface area contributed by atoms with Crippen molar-refractivity contribution < 1.29 is 9.53 Å². The molecule has 0 aliphatic heterocycles. The van der Waals surface area contributed by atoms with Gasteiger partial charge in [-0.3, -0.25) is 14.6 Å². The Bertz CT molecular complexity index is 886. The van der Waals surface area contributed by atoms with Gasteiger partial charge in [0.2, 0.25) is 5.95 Å². The zero-order valence-electron chi connectivity index (χ0n) is 12.2. The smallest absolute Gasteiger partial charge is 0.276 e. The summed E-state index contributed by atoms with van der Waals surface area (Å²) in [6, 6.07) is 8.44. The van der Waals surface area contributed by atoms with Gasteiger partial charge in [0.15, 0.2) is 0 Å². The quantitative estimate of drug-likeness (QED) is 0.754. The number of anilines is 1. The molecule has 0 spiro atoms. The first-order valence-electron chi connectivity index (χ1n) is 6.73. The number of carbonyl (C=O) groups is 1. The van der Waals surface area contributed by atoms with Crippen LogP contribution in [-0.4, -0.2) is 32.8 Å². The highest BCUT2D eigenvalue weighted by atomic mass is 16.5. The first-order valence-corrected chi connectivity index (χ1v) is 6.73. The number of nitrogens with one attached hydrogen (secondary N) is 2. The van der Waals surface area contributed by atoms with E-state index in [0.717, 1.165) is 0 Å². The molecule has 3 aromatic rings. The molecule has 1 aromatic carbocycles. The predicted octanol–water partition coefficient (Wildman–Crippen LogP) is 1.22. The molecule has 23 heavy (non-hydrogen) atoms. The first-order chi connectivity index (χ1) is 11.2. The molecule has 2 heterocycles. The third-order valence-corrected chi connectivity index (χ3v) is 3.11. The molecule has 2 aromatic heterocycles. The molecule has 1 amide bonds. The van der Waals surface area contributed by atoms with Gasteiger partial charge in [-0.25, -0.2) is 9.67 Å². The van der Waals surface area contributed by atoms with Gasteiger partial charge in [-0.15, -0.1) is 0 Å². The summed E-state index contributed by atoms with van der Waals surface area (Å²) in [5, 5.41) is 6.49. The Labute approximate surface area is 130 Å². The van der Waals surface area contributed by atoms with Crippen LogP contribution in [0, 0.1) is 0 Å². The Balaban J connectivity index is 1.86. The van der Waals surface area contributed by atoms with Gasteiger partial charge in [0.05, 0.1) is 18.9 Å². The molecule has 0 radical (unpaired) electrons. The number of nitrogens with zero attached hydrogens (tertiary/aromatic N) is 3. The first kappa shape index (κ1) is 14.5. The number of aromatic amines is 1. The summed E-state index contributed by atoms with van der Waals surface area (Å²) in [5.74, 6) is 0.222. The van der Waals surface area contributed by atoms with Crippen LogP contribution < -0.4 is 15.6 Å². The fraction of sp³-hybridized carbons (Fsp3) is 0.0667. The van der Waals surface area contributed by atoms with Crippen molar-refractivity contribution >= 4 is 11.6 Å². The molecule has 3 rings (SSSR count). The van der Waals surface area contributed by atoms with Crippen LogP contribution in [0.4, 0.5) is 5.69 Å². The monoisotopic (exact) mass is 311 g/mol. The van der Waals surface area contributed by atoms with Crippen molar-refractivity contribution in [2.75, 3.05) is 12.4 Å². The Morgan fingerprint density at radius 3 is 2.83 bits per heavy atom. The maximum absolute atomic E-state index is 12.3. The summed E-state index contributed by atoms with van der Waals surface area (Å²) >= 11 is 0. The predicted molar refractivity (Wildman–Crippen MR) is 82.9 cm³/mol. The normalized spacial score (nSPS) is 10.3. The lowest BCUT2D eigenvalue weighted by Gasteiger charge is -2.08. The third-order valence-electron chi connectivity index (χ3n) is 3.11. The Morgan fingerprint density at radius 2 is 2.13 bits per heavy atom. The van der Waals surface area contributed by atoms with E-state index < -0.39 is 11.5 Å². The molecule has 8 nitrogen and oxygen atoms in total. The van der Waals surface area contributed by atoms with Crippen molar-refractivity contribution in [3.63, 3.8) is 0 Å². The second-order valence-electron chi connectivity index (χ2n) is 4.55. The minimum atomic E-state index is -0.478. The number of para-hydroxylation sites is 1. The lowest BCUT2D eigenvalue weighted by atomic mass is 10.2. The van der Waals surface area contributed by atoms with Gasteiger partial charge < -0.3 is 10.1 Å². The number of rotatable bonds is 4.